The minimum Gasteiger partial charge on any atom is -0.425 e. The van der Waals surface area contributed by atoms with Crippen LogP contribution in [0.4, 0.5) is 9.18 Å². The molecule has 1 unspecified atom stereocenters. The van der Waals surface area contributed by atoms with Crippen molar-refractivity contribution in [3.05, 3.63) is 0 Å². The van der Waals surface area contributed by atoms with Crippen LogP contribution in [0.15, 0.2) is 0 Å². The molecule has 1 amide bonds. The van der Waals surface area contributed by atoms with Gasteiger partial charge in [0.05, 0.1) is 6.54 Å². The molecule has 0 rings (SSSR count). The van der Waals surface area contributed by atoms with E-state index in [1.165, 1.54) is 13.8 Å². The van der Waals surface area contributed by atoms with E-state index in [0.717, 1.165) is 0 Å². The summed E-state index contributed by atoms with van der Waals surface area (Å²) in [4.78, 5) is 22.0. The Labute approximate surface area is 94.3 Å². The van der Waals surface area contributed by atoms with Gasteiger partial charge in [-0.2, -0.15) is 0 Å². The van der Waals surface area contributed by atoms with Crippen molar-refractivity contribution in [2.24, 2.45) is 0 Å². The quantitative estimate of drug-likeness (QED) is 0.562. The minimum absolute atomic E-state index is 0.130. The maximum absolute atomic E-state index is 12.4. The summed E-state index contributed by atoms with van der Waals surface area (Å²) in [5.74, 6) is -0.429. The molecule has 2 atom stereocenters. The van der Waals surface area contributed by atoms with Crippen LogP contribution in [0.2, 0.25) is 0 Å². The Kier molecular flexibility index (Phi) is 7.24. The van der Waals surface area contributed by atoms with Crippen LogP contribution in [0.25, 0.3) is 0 Å². The van der Waals surface area contributed by atoms with Crippen molar-refractivity contribution in [2.75, 3.05) is 6.54 Å². The van der Waals surface area contributed by atoms with E-state index in [4.69, 9.17) is 4.74 Å². The smallest absolute Gasteiger partial charge is 0.410 e. The Morgan fingerprint density at radius 1 is 1.31 bits per heavy atom. The van der Waals surface area contributed by atoms with E-state index in [-0.39, 0.29) is 13.0 Å². The van der Waals surface area contributed by atoms with Gasteiger partial charge in [0, 0.05) is 13.3 Å². The van der Waals surface area contributed by atoms with Crippen molar-refractivity contribution in [1.29, 1.82) is 0 Å². The predicted octanol–water partition coefficient (Wildman–Crippen LogP) is 1.76. The molecule has 94 valence electrons. The van der Waals surface area contributed by atoms with Crippen molar-refractivity contribution in [3.63, 3.8) is 0 Å². The molecule has 0 spiro atoms. The predicted molar refractivity (Wildman–Crippen MR) is 55.5 cm³/mol. The van der Waals surface area contributed by atoms with Crippen molar-refractivity contribution in [3.8, 4) is 0 Å². The molecule has 5 nitrogen and oxygen atoms in total. The molecule has 0 fully saturated rings. The number of esters is 1. The van der Waals surface area contributed by atoms with Crippen molar-refractivity contribution in [2.45, 2.75) is 46.1 Å². The highest BCUT2D eigenvalue weighted by Gasteiger charge is 2.13. The highest BCUT2D eigenvalue weighted by molar-refractivity contribution is 5.70. The van der Waals surface area contributed by atoms with E-state index in [0.29, 0.717) is 6.42 Å². The number of hydrogen-bond acceptors (Lipinski definition) is 4. The maximum atomic E-state index is 12.4. The summed E-state index contributed by atoms with van der Waals surface area (Å²) in [7, 11) is 0. The van der Waals surface area contributed by atoms with Gasteiger partial charge in [-0.25, -0.2) is 9.18 Å². The molecule has 0 heterocycles. The van der Waals surface area contributed by atoms with E-state index in [9.17, 15) is 14.0 Å². The maximum Gasteiger partial charge on any atom is 0.410 e. The number of hydrogen-bond donors (Lipinski definition) is 1. The molecule has 0 saturated carbocycles. The summed E-state index contributed by atoms with van der Waals surface area (Å²) in [6.45, 7) is 4.44. The summed E-state index contributed by atoms with van der Waals surface area (Å²) in [6, 6.07) is 0. The fraction of sp³-hybridized carbons (Fsp3) is 0.800. The highest BCUT2D eigenvalue weighted by atomic mass is 19.1. The summed E-state index contributed by atoms with van der Waals surface area (Å²) in [6.07, 6.45) is -1.98. The molecule has 6 heteroatoms. The summed E-state index contributed by atoms with van der Waals surface area (Å²) < 4.78 is 21.8. The van der Waals surface area contributed by atoms with Crippen molar-refractivity contribution >= 4 is 12.1 Å². The first-order valence-corrected chi connectivity index (χ1v) is 5.23. The van der Waals surface area contributed by atoms with Gasteiger partial charge in [-0.3, -0.25) is 4.79 Å². The zero-order valence-corrected chi connectivity index (χ0v) is 9.79. The Balaban J connectivity index is 3.73. The summed E-state index contributed by atoms with van der Waals surface area (Å²) in [5.41, 5.74) is 0. The third-order valence-electron chi connectivity index (χ3n) is 1.55. The van der Waals surface area contributed by atoms with E-state index < -0.39 is 24.5 Å². The SMILES string of the molecule is CCCC(=O)OC(C)OC(=O)NC[C@H](C)F. The lowest BCUT2D eigenvalue weighted by atomic mass is 10.3. The van der Waals surface area contributed by atoms with Crippen LogP contribution in [0.5, 0.6) is 0 Å². The number of halogens is 1. The van der Waals surface area contributed by atoms with E-state index in [1.54, 1.807) is 0 Å². The van der Waals surface area contributed by atoms with Crippen LogP contribution in [0.3, 0.4) is 0 Å². The molecule has 16 heavy (non-hydrogen) atoms. The molecular formula is C10H18FNO4. The first-order valence-electron chi connectivity index (χ1n) is 5.23. The number of alkyl carbamates (subject to hydrolysis) is 1. The second kappa shape index (κ2) is 7.90. The van der Waals surface area contributed by atoms with E-state index in [1.807, 2.05) is 6.92 Å². The molecule has 0 aromatic rings. The summed E-state index contributed by atoms with van der Waals surface area (Å²) in [5, 5.41) is 2.19. The number of carbonyl (C=O) groups excluding carboxylic acids is 2. The van der Waals surface area contributed by atoms with Gasteiger partial charge in [-0.05, 0) is 13.3 Å². The first kappa shape index (κ1) is 14.7. The lowest BCUT2D eigenvalue weighted by Crippen LogP contribution is -2.33. The highest BCUT2D eigenvalue weighted by Crippen LogP contribution is 1.99. The fourth-order valence-electron chi connectivity index (χ4n) is 0.889. The Morgan fingerprint density at radius 3 is 2.44 bits per heavy atom. The normalized spacial score (nSPS) is 13.8. The molecule has 1 N–H and O–H groups in total. The molecule has 0 saturated heterocycles. The molecule has 0 aliphatic carbocycles. The molecule has 0 aromatic heterocycles. The lowest BCUT2D eigenvalue weighted by Gasteiger charge is -2.14. The van der Waals surface area contributed by atoms with Crippen LogP contribution < -0.4 is 5.32 Å². The van der Waals surface area contributed by atoms with Crippen LogP contribution in [-0.4, -0.2) is 31.1 Å². The van der Waals surface area contributed by atoms with Crippen LogP contribution in [0.1, 0.15) is 33.6 Å². The Bertz CT molecular complexity index is 233. The van der Waals surface area contributed by atoms with Gasteiger partial charge in [0.15, 0.2) is 0 Å². The minimum atomic E-state index is -1.15. The number of nitrogens with one attached hydrogen (secondary N) is 1. The van der Waals surface area contributed by atoms with Crippen LogP contribution >= 0.6 is 0 Å². The summed E-state index contributed by atoms with van der Waals surface area (Å²) >= 11 is 0. The topological polar surface area (TPSA) is 64.6 Å². The number of rotatable bonds is 6. The van der Waals surface area contributed by atoms with Gasteiger partial charge in [0.1, 0.15) is 6.17 Å². The van der Waals surface area contributed by atoms with Gasteiger partial charge in [-0.15, -0.1) is 0 Å². The number of amides is 1. The van der Waals surface area contributed by atoms with Gasteiger partial charge in [0.25, 0.3) is 0 Å². The van der Waals surface area contributed by atoms with Crippen LogP contribution in [-0.2, 0) is 14.3 Å². The molecule has 0 aliphatic heterocycles. The van der Waals surface area contributed by atoms with Gasteiger partial charge in [0.2, 0.25) is 6.29 Å². The number of alkyl halides is 1. The first-order chi connectivity index (χ1) is 7.45. The van der Waals surface area contributed by atoms with Gasteiger partial charge in [-0.1, -0.05) is 6.92 Å². The third-order valence-corrected chi connectivity index (χ3v) is 1.55. The Morgan fingerprint density at radius 2 is 1.94 bits per heavy atom. The third kappa shape index (κ3) is 8.02. The molecular weight excluding hydrogens is 217 g/mol. The molecule has 0 aliphatic rings. The largest absolute Gasteiger partial charge is 0.425 e. The van der Waals surface area contributed by atoms with Gasteiger partial charge >= 0.3 is 12.1 Å². The van der Waals surface area contributed by atoms with Crippen molar-refractivity contribution < 1.29 is 23.5 Å². The Hall–Kier alpha value is -1.33. The monoisotopic (exact) mass is 235 g/mol. The average Bonchev–Trinajstić information content (AvgIpc) is 2.14. The van der Waals surface area contributed by atoms with Gasteiger partial charge < -0.3 is 14.8 Å². The van der Waals surface area contributed by atoms with Crippen molar-refractivity contribution in [1.82, 2.24) is 5.32 Å². The van der Waals surface area contributed by atoms with E-state index >= 15 is 0 Å². The zero-order valence-electron chi connectivity index (χ0n) is 9.79. The molecule has 0 radical (unpaired) electrons. The number of carbonyl (C=O) groups is 2. The van der Waals surface area contributed by atoms with E-state index in [2.05, 4.69) is 10.1 Å². The lowest BCUT2D eigenvalue weighted by molar-refractivity contribution is -0.164. The average molecular weight is 235 g/mol. The second-order valence-electron chi connectivity index (χ2n) is 3.37. The standard InChI is InChI=1S/C10H18FNO4/c1-4-5-9(13)15-8(3)16-10(14)12-6-7(2)11/h7-8H,4-6H2,1-3H3,(H,12,14)/t7-,8?/m0/s1. The molecule has 0 aromatic carbocycles. The van der Waals surface area contributed by atoms with Crippen LogP contribution in [0, 0.1) is 0 Å². The molecule has 0 bridgehead atoms. The zero-order chi connectivity index (χ0) is 12.6. The fourth-order valence-corrected chi connectivity index (χ4v) is 0.889. The number of ether oxygens (including phenoxy) is 2. The second-order valence-corrected chi connectivity index (χ2v) is 3.37.